The van der Waals surface area contributed by atoms with Gasteiger partial charge in [-0.2, -0.15) is 15.4 Å². The van der Waals surface area contributed by atoms with E-state index in [1.807, 2.05) is 19.1 Å². The zero-order valence-corrected chi connectivity index (χ0v) is 9.92. The van der Waals surface area contributed by atoms with Gasteiger partial charge in [-0.1, -0.05) is 0 Å². The van der Waals surface area contributed by atoms with Crippen molar-refractivity contribution >= 4 is 17.3 Å². The number of benzene rings is 1. The van der Waals surface area contributed by atoms with Gasteiger partial charge in [-0.25, -0.2) is 0 Å². The number of hydrogen-bond acceptors (Lipinski definition) is 4. The number of carbonyl (C=O) groups excluding carboxylic acids is 1. The van der Waals surface area contributed by atoms with Crippen LogP contribution in [0.2, 0.25) is 0 Å². The number of carbonyl (C=O) groups is 1. The van der Waals surface area contributed by atoms with Crippen LogP contribution in [0, 0.1) is 0 Å². The summed E-state index contributed by atoms with van der Waals surface area (Å²) in [7, 11) is 0. The van der Waals surface area contributed by atoms with Crippen LogP contribution in [-0.4, -0.2) is 27.4 Å². The molecule has 3 N–H and O–H groups in total. The van der Waals surface area contributed by atoms with Crippen molar-refractivity contribution in [2.45, 2.75) is 19.4 Å². The van der Waals surface area contributed by atoms with Gasteiger partial charge < -0.3 is 10.6 Å². The highest BCUT2D eigenvalue weighted by Gasteiger charge is 2.32. The molecule has 0 radical (unpaired) electrons. The third-order valence-electron chi connectivity index (χ3n) is 3.17. The van der Waals surface area contributed by atoms with Crippen LogP contribution < -0.4 is 10.6 Å². The number of hydrogen-bond donors (Lipinski definition) is 2. The third kappa shape index (κ3) is 1.54. The minimum absolute atomic E-state index is 0.103. The second kappa shape index (κ2) is 3.83. The smallest absolute Gasteiger partial charge is 0.280 e. The number of rotatable bonds is 1. The van der Waals surface area contributed by atoms with Crippen molar-refractivity contribution in [1.29, 1.82) is 0 Å². The lowest BCUT2D eigenvalue weighted by Crippen LogP contribution is -2.35. The lowest BCUT2D eigenvalue weighted by atomic mass is 10.1. The molecule has 0 saturated carbocycles. The first-order chi connectivity index (χ1) is 8.66. The number of anilines is 2. The van der Waals surface area contributed by atoms with Crippen molar-refractivity contribution in [3.05, 3.63) is 35.7 Å². The van der Waals surface area contributed by atoms with Crippen LogP contribution in [0.15, 0.2) is 24.4 Å². The number of fused-ring (bicyclic) bond motifs is 1. The molecule has 2 heterocycles. The highest BCUT2D eigenvalue weighted by atomic mass is 16.2. The van der Waals surface area contributed by atoms with Crippen molar-refractivity contribution in [3.63, 3.8) is 0 Å². The monoisotopic (exact) mass is 243 g/mol. The van der Waals surface area contributed by atoms with Gasteiger partial charge in [0.2, 0.25) is 0 Å². The molecule has 2 aromatic rings. The maximum absolute atomic E-state index is 12.3. The van der Waals surface area contributed by atoms with E-state index in [1.54, 1.807) is 11.0 Å². The maximum Gasteiger partial charge on any atom is 0.280 e. The molecule has 0 aliphatic carbocycles. The molecule has 1 unspecified atom stereocenters. The topological polar surface area (TPSA) is 87.9 Å². The number of nitrogens with two attached hydrogens (primary N) is 1. The fourth-order valence-corrected chi connectivity index (χ4v) is 2.39. The van der Waals surface area contributed by atoms with Crippen LogP contribution in [-0.2, 0) is 6.42 Å². The standard InChI is InChI=1S/C12H13N5O/c1-7-4-8-5-9(13)2-3-11(8)17(7)12(18)10-6-14-16-15-10/h2-3,5-7H,4,13H2,1H3,(H,14,15,16). The second-order valence-corrected chi connectivity index (χ2v) is 4.47. The molecule has 1 atom stereocenters. The minimum atomic E-state index is -0.139. The van der Waals surface area contributed by atoms with Gasteiger partial charge in [-0.05, 0) is 37.1 Å². The molecule has 1 aromatic heterocycles. The molecule has 0 bridgehead atoms. The first kappa shape index (κ1) is 10.8. The molecule has 6 heteroatoms. The number of nitrogen functional groups attached to an aromatic ring is 1. The summed E-state index contributed by atoms with van der Waals surface area (Å²) < 4.78 is 0. The first-order valence-electron chi connectivity index (χ1n) is 5.74. The summed E-state index contributed by atoms with van der Waals surface area (Å²) in [6.07, 6.45) is 2.24. The normalized spacial score (nSPS) is 17.8. The van der Waals surface area contributed by atoms with E-state index in [9.17, 15) is 4.79 Å². The zero-order valence-electron chi connectivity index (χ0n) is 9.92. The Balaban J connectivity index is 2.02. The summed E-state index contributed by atoms with van der Waals surface area (Å²) in [5.41, 5.74) is 8.81. The molecule has 1 aliphatic heterocycles. The lowest BCUT2D eigenvalue weighted by Gasteiger charge is -2.21. The molecular weight excluding hydrogens is 230 g/mol. The average Bonchev–Trinajstić information content (AvgIpc) is 2.94. The number of nitrogens with one attached hydrogen (secondary N) is 1. The van der Waals surface area contributed by atoms with E-state index in [0.29, 0.717) is 5.69 Å². The summed E-state index contributed by atoms with van der Waals surface area (Å²) in [6.45, 7) is 2.01. The van der Waals surface area contributed by atoms with Crippen LogP contribution in [0.1, 0.15) is 23.0 Å². The van der Waals surface area contributed by atoms with Crippen LogP contribution in [0.4, 0.5) is 11.4 Å². The predicted octanol–water partition coefficient (Wildman–Crippen LogP) is 0.978. The van der Waals surface area contributed by atoms with Gasteiger partial charge in [-0.3, -0.25) is 4.79 Å². The van der Waals surface area contributed by atoms with Crippen LogP contribution in [0.5, 0.6) is 0 Å². The van der Waals surface area contributed by atoms with Gasteiger partial charge in [0.1, 0.15) is 0 Å². The molecule has 3 rings (SSSR count). The number of nitrogens with zero attached hydrogens (tertiary/aromatic N) is 3. The SMILES string of the molecule is CC1Cc2cc(N)ccc2N1C(=O)c1cn[nH]n1. The summed E-state index contributed by atoms with van der Waals surface area (Å²) in [5.74, 6) is -0.139. The molecular formula is C12H13N5O. The van der Waals surface area contributed by atoms with E-state index in [-0.39, 0.29) is 11.9 Å². The Kier molecular flexibility index (Phi) is 2.29. The Bertz CT molecular complexity index is 593. The molecule has 1 aromatic carbocycles. The van der Waals surface area contributed by atoms with Gasteiger partial charge in [0.15, 0.2) is 5.69 Å². The summed E-state index contributed by atoms with van der Waals surface area (Å²) in [6, 6.07) is 5.71. The molecule has 18 heavy (non-hydrogen) atoms. The van der Waals surface area contributed by atoms with E-state index in [4.69, 9.17) is 5.73 Å². The van der Waals surface area contributed by atoms with Crippen molar-refractivity contribution in [1.82, 2.24) is 15.4 Å². The Hall–Kier alpha value is -2.37. The fourth-order valence-electron chi connectivity index (χ4n) is 2.39. The van der Waals surface area contributed by atoms with Crippen LogP contribution in [0.3, 0.4) is 0 Å². The molecule has 1 amide bonds. The van der Waals surface area contributed by atoms with E-state index < -0.39 is 0 Å². The third-order valence-corrected chi connectivity index (χ3v) is 3.17. The Morgan fingerprint density at radius 1 is 1.56 bits per heavy atom. The lowest BCUT2D eigenvalue weighted by molar-refractivity contribution is 0.0976. The number of H-pyrrole nitrogens is 1. The molecule has 0 spiro atoms. The van der Waals surface area contributed by atoms with E-state index in [1.165, 1.54) is 6.20 Å². The zero-order chi connectivity index (χ0) is 12.7. The van der Waals surface area contributed by atoms with Gasteiger partial charge in [0, 0.05) is 17.4 Å². The van der Waals surface area contributed by atoms with Gasteiger partial charge in [0.05, 0.1) is 6.20 Å². The van der Waals surface area contributed by atoms with Crippen molar-refractivity contribution < 1.29 is 4.79 Å². The first-order valence-corrected chi connectivity index (χ1v) is 5.74. The summed E-state index contributed by atoms with van der Waals surface area (Å²) >= 11 is 0. The van der Waals surface area contributed by atoms with E-state index >= 15 is 0 Å². The molecule has 92 valence electrons. The molecule has 0 saturated heterocycles. The number of aromatic amines is 1. The molecule has 1 aliphatic rings. The van der Waals surface area contributed by atoms with E-state index in [2.05, 4.69) is 15.4 Å². The predicted molar refractivity (Wildman–Crippen MR) is 67.2 cm³/mol. The summed E-state index contributed by atoms with van der Waals surface area (Å²) in [4.78, 5) is 14.1. The van der Waals surface area contributed by atoms with Crippen molar-refractivity contribution in [2.24, 2.45) is 0 Å². The van der Waals surface area contributed by atoms with Gasteiger partial charge >= 0.3 is 0 Å². The van der Waals surface area contributed by atoms with Crippen LogP contribution in [0.25, 0.3) is 0 Å². The Morgan fingerprint density at radius 2 is 2.39 bits per heavy atom. The Morgan fingerprint density at radius 3 is 3.11 bits per heavy atom. The van der Waals surface area contributed by atoms with E-state index in [0.717, 1.165) is 23.4 Å². The summed E-state index contributed by atoms with van der Waals surface area (Å²) in [5, 5.41) is 9.95. The largest absolute Gasteiger partial charge is 0.399 e. The van der Waals surface area contributed by atoms with Gasteiger partial charge in [0.25, 0.3) is 5.91 Å². The number of aromatic nitrogens is 3. The fraction of sp³-hybridized carbons (Fsp3) is 0.250. The highest BCUT2D eigenvalue weighted by molar-refractivity contribution is 6.06. The Labute approximate surface area is 104 Å². The second-order valence-electron chi connectivity index (χ2n) is 4.47. The maximum atomic E-state index is 12.3. The van der Waals surface area contributed by atoms with Gasteiger partial charge in [-0.15, -0.1) is 0 Å². The minimum Gasteiger partial charge on any atom is -0.399 e. The average molecular weight is 243 g/mol. The number of amides is 1. The molecule has 6 nitrogen and oxygen atoms in total. The molecule has 0 fully saturated rings. The van der Waals surface area contributed by atoms with Crippen LogP contribution >= 0.6 is 0 Å². The highest BCUT2D eigenvalue weighted by Crippen LogP contribution is 2.34. The van der Waals surface area contributed by atoms with Crippen molar-refractivity contribution in [3.8, 4) is 0 Å². The quantitative estimate of drug-likeness (QED) is 0.731. The van der Waals surface area contributed by atoms with Crippen molar-refractivity contribution in [2.75, 3.05) is 10.6 Å².